The van der Waals surface area contributed by atoms with Crippen molar-refractivity contribution in [2.45, 2.75) is 44.2 Å². The third-order valence-electron chi connectivity index (χ3n) is 5.69. The fourth-order valence-corrected chi connectivity index (χ4v) is 4.22. The van der Waals surface area contributed by atoms with E-state index >= 15 is 0 Å². The zero-order valence-corrected chi connectivity index (χ0v) is 18.9. The molecule has 0 spiro atoms. The van der Waals surface area contributed by atoms with Gasteiger partial charge in [-0.15, -0.1) is 0 Å². The third kappa shape index (κ3) is 6.10. The Labute approximate surface area is 193 Å². The fraction of sp³-hybridized carbons (Fsp3) is 0.400. The maximum Gasteiger partial charge on any atom is 0.407 e. The van der Waals surface area contributed by atoms with Crippen molar-refractivity contribution in [1.29, 1.82) is 0 Å². The molecule has 176 valence electrons. The zero-order chi connectivity index (χ0) is 23.8. The van der Waals surface area contributed by atoms with E-state index in [1.807, 2.05) is 43.3 Å². The highest BCUT2D eigenvalue weighted by Gasteiger charge is 2.30. The molecule has 3 rings (SSSR count). The van der Waals surface area contributed by atoms with Gasteiger partial charge in [-0.3, -0.25) is 9.59 Å². The second kappa shape index (κ2) is 11.5. The normalized spacial score (nSPS) is 14.0. The van der Waals surface area contributed by atoms with Crippen molar-refractivity contribution in [3.05, 3.63) is 59.7 Å². The first-order chi connectivity index (χ1) is 15.9. The van der Waals surface area contributed by atoms with Gasteiger partial charge in [-0.2, -0.15) is 0 Å². The summed E-state index contributed by atoms with van der Waals surface area (Å²) in [6.45, 7) is 1.96. The average molecular weight is 455 g/mol. The summed E-state index contributed by atoms with van der Waals surface area (Å²) in [5.41, 5.74) is 4.43. The molecule has 8 nitrogen and oxygen atoms in total. The highest BCUT2D eigenvalue weighted by Crippen LogP contribution is 2.44. The SMILES string of the molecule is CCC[C@H](CC(=O)O)NC(=O)[C@H](COC)NC(=O)OCC1c2ccccc2-c2ccccc21. The van der Waals surface area contributed by atoms with E-state index in [1.165, 1.54) is 7.11 Å². The van der Waals surface area contributed by atoms with Crippen molar-refractivity contribution in [3.63, 3.8) is 0 Å². The van der Waals surface area contributed by atoms with Gasteiger partial charge in [0.05, 0.1) is 13.0 Å². The molecule has 2 aromatic rings. The predicted octanol–water partition coefficient (Wildman–Crippen LogP) is 3.30. The molecule has 2 amide bonds. The number of aliphatic carboxylic acids is 1. The summed E-state index contributed by atoms with van der Waals surface area (Å²) in [5.74, 6) is -1.60. The number of carboxylic acids is 1. The lowest BCUT2D eigenvalue weighted by molar-refractivity contribution is -0.137. The van der Waals surface area contributed by atoms with Crippen molar-refractivity contribution >= 4 is 18.0 Å². The van der Waals surface area contributed by atoms with E-state index in [2.05, 4.69) is 22.8 Å². The summed E-state index contributed by atoms with van der Waals surface area (Å²) in [6.07, 6.45) is 0.305. The number of hydrogen-bond donors (Lipinski definition) is 3. The number of benzene rings is 2. The molecule has 0 bridgehead atoms. The molecule has 0 radical (unpaired) electrons. The fourth-order valence-electron chi connectivity index (χ4n) is 4.22. The van der Waals surface area contributed by atoms with Gasteiger partial charge in [-0.25, -0.2) is 4.79 Å². The summed E-state index contributed by atoms with van der Waals surface area (Å²) >= 11 is 0. The number of ether oxygens (including phenoxy) is 2. The zero-order valence-electron chi connectivity index (χ0n) is 18.9. The van der Waals surface area contributed by atoms with Gasteiger partial charge in [0.15, 0.2) is 0 Å². The smallest absolute Gasteiger partial charge is 0.407 e. The number of amides is 2. The van der Waals surface area contributed by atoms with E-state index in [-0.39, 0.29) is 25.6 Å². The second-order valence-corrected chi connectivity index (χ2v) is 8.07. The molecule has 0 unspecified atom stereocenters. The molecular formula is C25H30N2O6. The maximum absolute atomic E-state index is 12.7. The van der Waals surface area contributed by atoms with Crippen LogP contribution in [0.25, 0.3) is 11.1 Å². The van der Waals surface area contributed by atoms with Crippen LogP contribution in [-0.4, -0.2) is 55.5 Å². The topological polar surface area (TPSA) is 114 Å². The minimum atomic E-state index is -1.00. The van der Waals surface area contributed by atoms with Gasteiger partial charge in [0, 0.05) is 19.1 Å². The number of nitrogens with one attached hydrogen (secondary N) is 2. The Hall–Kier alpha value is -3.39. The van der Waals surface area contributed by atoms with E-state index in [0.717, 1.165) is 22.3 Å². The molecule has 1 aliphatic rings. The first-order valence-electron chi connectivity index (χ1n) is 11.1. The lowest BCUT2D eigenvalue weighted by atomic mass is 9.98. The van der Waals surface area contributed by atoms with Crippen molar-refractivity contribution in [2.24, 2.45) is 0 Å². The van der Waals surface area contributed by atoms with Crippen LogP contribution < -0.4 is 10.6 Å². The van der Waals surface area contributed by atoms with Gasteiger partial charge in [0.25, 0.3) is 0 Å². The number of carbonyl (C=O) groups is 3. The van der Waals surface area contributed by atoms with Crippen LogP contribution in [-0.2, 0) is 19.1 Å². The Bertz CT molecular complexity index is 947. The van der Waals surface area contributed by atoms with Gasteiger partial charge in [0.2, 0.25) is 5.91 Å². The van der Waals surface area contributed by atoms with Gasteiger partial charge in [-0.1, -0.05) is 61.9 Å². The Morgan fingerprint density at radius 1 is 1.00 bits per heavy atom. The maximum atomic E-state index is 12.7. The van der Waals surface area contributed by atoms with E-state index in [0.29, 0.717) is 12.8 Å². The number of methoxy groups -OCH3 is 1. The molecule has 0 saturated carbocycles. The molecule has 0 fully saturated rings. The molecule has 1 aliphatic carbocycles. The van der Waals surface area contributed by atoms with Crippen LogP contribution in [0.3, 0.4) is 0 Å². The lowest BCUT2D eigenvalue weighted by Gasteiger charge is -2.22. The van der Waals surface area contributed by atoms with E-state index in [4.69, 9.17) is 14.6 Å². The predicted molar refractivity (Wildman–Crippen MR) is 123 cm³/mol. The summed E-state index contributed by atoms with van der Waals surface area (Å²) in [7, 11) is 1.42. The van der Waals surface area contributed by atoms with Crippen LogP contribution in [0.1, 0.15) is 43.2 Å². The number of alkyl carbamates (subject to hydrolysis) is 1. The Kier molecular flexibility index (Phi) is 8.43. The van der Waals surface area contributed by atoms with Crippen molar-refractivity contribution < 1.29 is 29.0 Å². The minimum Gasteiger partial charge on any atom is -0.481 e. The monoisotopic (exact) mass is 454 g/mol. The van der Waals surface area contributed by atoms with Crippen molar-refractivity contribution in [2.75, 3.05) is 20.3 Å². The first-order valence-corrected chi connectivity index (χ1v) is 11.1. The van der Waals surface area contributed by atoms with E-state index < -0.39 is 30.1 Å². The molecular weight excluding hydrogens is 424 g/mol. The van der Waals surface area contributed by atoms with Crippen LogP contribution in [0.5, 0.6) is 0 Å². The number of hydrogen-bond acceptors (Lipinski definition) is 5. The number of carbonyl (C=O) groups excluding carboxylic acids is 2. The third-order valence-corrected chi connectivity index (χ3v) is 5.69. The Morgan fingerprint density at radius 2 is 1.61 bits per heavy atom. The quantitative estimate of drug-likeness (QED) is 0.480. The molecule has 2 atom stereocenters. The molecule has 3 N–H and O–H groups in total. The van der Waals surface area contributed by atoms with Crippen LogP contribution in [0.2, 0.25) is 0 Å². The molecule has 0 aliphatic heterocycles. The molecule has 0 heterocycles. The molecule has 2 aromatic carbocycles. The summed E-state index contributed by atoms with van der Waals surface area (Å²) in [4.78, 5) is 36.3. The van der Waals surface area contributed by atoms with Crippen LogP contribution in [0, 0.1) is 0 Å². The molecule has 33 heavy (non-hydrogen) atoms. The highest BCUT2D eigenvalue weighted by molar-refractivity contribution is 5.86. The second-order valence-electron chi connectivity index (χ2n) is 8.07. The molecule has 0 saturated heterocycles. The highest BCUT2D eigenvalue weighted by atomic mass is 16.5. The summed E-state index contributed by atoms with van der Waals surface area (Å²) in [5, 5.41) is 14.3. The number of fused-ring (bicyclic) bond motifs is 3. The molecule has 8 heteroatoms. The largest absolute Gasteiger partial charge is 0.481 e. The van der Waals surface area contributed by atoms with Crippen LogP contribution >= 0.6 is 0 Å². The van der Waals surface area contributed by atoms with Crippen LogP contribution in [0.15, 0.2) is 48.5 Å². The lowest BCUT2D eigenvalue weighted by Crippen LogP contribution is -2.52. The first kappa shape index (κ1) is 24.3. The van der Waals surface area contributed by atoms with Gasteiger partial charge in [0.1, 0.15) is 12.6 Å². The van der Waals surface area contributed by atoms with Gasteiger partial charge in [-0.05, 0) is 28.7 Å². The minimum absolute atomic E-state index is 0.0675. The number of carboxylic acid groups (broad SMARTS) is 1. The Morgan fingerprint density at radius 3 is 2.15 bits per heavy atom. The average Bonchev–Trinajstić information content (AvgIpc) is 3.11. The molecule has 0 aromatic heterocycles. The van der Waals surface area contributed by atoms with Crippen molar-refractivity contribution in [1.82, 2.24) is 10.6 Å². The summed E-state index contributed by atoms with van der Waals surface area (Å²) in [6, 6.07) is 14.5. The number of rotatable bonds is 11. The van der Waals surface area contributed by atoms with Crippen molar-refractivity contribution in [3.8, 4) is 11.1 Å². The van der Waals surface area contributed by atoms with Gasteiger partial charge < -0.3 is 25.2 Å². The van der Waals surface area contributed by atoms with E-state index in [9.17, 15) is 14.4 Å². The van der Waals surface area contributed by atoms with Crippen LogP contribution in [0.4, 0.5) is 4.79 Å². The summed E-state index contributed by atoms with van der Waals surface area (Å²) < 4.78 is 10.6. The van der Waals surface area contributed by atoms with E-state index in [1.54, 1.807) is 0 Å². The Balaban J connectivity index is 1.62. The van der Waals surface area contributed by atoms with Gasteiger partial charge >= 0.3 is 12.1 Å². The standard InChI is InChI=1S/C25H30N2O6/c1-3-8-16(13-23(28)29)26-24(30)22(15-32-2)27-25(31)33-14-21-19-11-6-4-9-17(19)18-10-5-7-12-20(18)21/h4-7,9-12,16,21-22H,3,8,13-15H2,1-2H3,(H,26,30)(H,27,31)(H,28,29)/t16-,22+/m1/s1.